The summed E-state index contributed by atoms with van der Waals surface area (Å²) in [6.45, 7) is 4.39. The van der Waals surface area contributed by atoms with Crippen LogP contribution in [0, 0.1) is 34.5 Å². The third-order valence-corrected chi connectivity index (χ3v) is 9.26. The Labute approximate surface area is 217 Å². The minimum absolute atomic E-state index is 0.0890. The van der Waals surface area contributed by atoms with Gasteiger partial charge in [0.25, 0.3) is 11.8 Å². The Morgan fingerprint density at radius 2 is 1.31 bits per heavy atom. The average molecular weight is 516 g/mol. The van der Waals surface area contributed by atoms with E-state index >= 15 is 0 Å². The van der Waals surface area contributed by atoms with Gasteiger partial charge >= 0.3 is 0 Å². The maximum atomic E-state index is 13.0. The second-order valence-corrected chi connectivity index (χ2v) is 11.9. The van der Waals surface area contributed by atoms with Crippen LogP contribution in [0.4, 0.5) is 10.0 Å². The SMILES string of the molecule is C[C@@H]1CCc2c(sc(NC(=O)c3cccc(C(=O)Nc4sc5c(c4C#N)CC[C@@H](C)C5)n3)c2C#N)C1. The Bertz CT molecular complexity index is 1350. The summed E-state index contributed by atoms with van der Waals surface area (Å²) in [4.78, 5) is 32.6. The summed E-state index contributed by atoms with van der Waals surface area (Å²) < 4.78 is 0. The number of fused-ring (bicyclic) bond motifs is 2. The number of aromatic nitrogens is 1. The van der Waals surface area contributed by atoms with Crippen molar-refractivity contribution in [3.05, 3.63) is 61.6 Å². The lowest BCUT2D eigenvalue weighted by Gasteiger charge is -2.17. The van der Waals surface area contributed by atoms with Crippen LogP contribution in [-0.4, -0.2) is 16.8 Å². The predicted octanol–water partition coefficient (Wildman–Crippen LogP) is 5.70. The van der Waals surface area contributed by atoms with Crippen molar-refractivity contribution in [1.82, 2.24) is 4.98 Å². The van der Waals surface area contributed by atoms with Crippen molar-refractivity contribution in [1.29, 1.82) is 10.5 Å². The van der Waals surface area contributed by atoms with Crippen molar-refractivity contribution in [2.24, 2.45) is 11.8 Å². The minimum Gasteiger partial charge on any atom is -0.311 e. The van der Waals surface area contributed by atoms with E-state index in [0.29, 0.717) is 33.0 Å². The van der Waals surface area contributed by atoms with Crippen molar-refractivity contribution < 1.29 is 9.59 Å². The molecule has 0 aromatic carbocycles. The summed E-state index contributed by atoms with van der Waals surface area (Å²) in [7, 11) is 0. The molecule has 0 saturated carbocycles. The van der Waals surface area contributed by atoms with E-state index in [-0.39, 0.29) is 11.4 Å². The Hall–Kier alpha value is -3.53. The Morgan fingerprint density at radius 3 is 1.72 bits per heavy atom. The van der Waals surface area contributed by atoms with Gasteiger partial charge in [-0.15, -0.1) is 22.7 Å². The molecule has 3 aromatic rings. The fourth-order valence-electron chi connectivity index (χ4n) is 4.94. The van der Waals surface area contributed by atoms with E-state index in [2.05, 4.69) is 41.6 Å². The van der Waals surface area contributed by atoms with Crippen molar-refractivity contribution in [2.75, 3.05) is 10.6 Å². The first-order chi connectivity index (χ1) is 17.4. The number of pyridine rings is 1. The fourth-order valence-corrected chi connectivity index (χ4v) is 7.65. The van der Waals surface area contributed by atoms with Gasteiger partial charge < -0.3 is 10.6 Å². The van der Waals surface area contributed by atoms with Gasteiger partial charge in [-0.2, -0.15) is 10.5 Å². The quantitative estimate of drug-likeness (QED) is 0.462. The number of carbonyl (C=O) groups is 2. The highest BCUT2D eigenvalue weighted by Gasteiger charge is 2.27. The summed E-state index contributed by atoms with van der Waals surface area (Å²) in [6.07, 6.45) is 5.57. The number of nitriles is 2. The number of hydrogen-bond donors (Lipinski definition) is 2. The molecule has 2 aliphatic carbocycles. The topological polar surface area (TPSA) is 119 Å². The molecule has 0 saturated heterocycles. The molecule has 9 heteroatoms. The molecule has 2 amide bonds. The predicted molar refractivity (Wildman–Crippen MR) is 141 cm³/mol. The molecule has 182 valence electrons. The molecule has 2 N–H and O–H groups in total. The van der Waals surface area contributed by atoms with E-state index in [1.165, 1.54) is 22.7 Å². The lowest BCUT2D eigenvalue weighted by atomic mass is 9.88. The van der Waals surface area contributed by atoms with E-state index in [0.717, 1.165) is 59.4 Å². The molecule has 0 radical (unpaired) electrons. The van der Waals surface area contributed by atoms with E-state index in [9.17, 15) is 20.1 Å². The number of hydrogen-bond acceptors (Lipinski definition) is 7. The van der Waals surface area contributed by atoms with Crippen LogP contribution in [0.5, 0.6) is 0 Å². The lowest BCUT2D eigenvalue weighted by molar-refractivity contribution is 0.101. The number of thiophene rings is 2. The zero-order valence-corrected chi connectivity index (χ0v) is 21.7. The summed E-state index contributed by atoms with van der Waals surface area (Å²) >= 11 is 2.90. The summed E-state index contributed by atoms with van der Waals surface area (Å²) in [5.41, 5.74) is 3.32. The van der Waals surface area contributed by atoms with Crippen LogP contribution in [0.2, 0.25) is 0 Å². The zero-order chi connectivity index (χ0) is 25.4. The van der Waals surface area contributed by atoms with Crippen LogP contribution < -0.4 is 10.6 Å². The van der Waals surface area contributed by atoms with Gasteiger partial charge in [-0.25, -0.2) is 4.98 Å². The van der Waals surface area contributed by atoms with Crippen LogP contribution >= 0.6 is 22.7 Å². The number of amides is 2. The van der Waals surface area contributed by atoms with Crippen molar-refractivity contribution in [2.45, 2.75) is 52.4 Å². The molecule has 0 aliphatic heterocycles. The number of carbonyl (C=O) groups excluding carboxylic acids is 2. The van der Waals surface area contributed by atoms with Gasteiger partial charge in [0, 0.05) is 9.75 Å². The van der Waals surface area contributed by atoms with Crippen LogP contribution in [0.1, 0.15) is 79.7 Å². The first kappa shape index (κ1) is 24.2. The summed E-state index contributed by atoms with van der Waals surface area (Å²) in [6, 6.07) is 9.19. The lowest BCUT2D eigenvalue weighted by Crippen LogP contribution is -2.18. The van der Waals surface area contributed by atoms with Gasteiger partial charge in [-0.3, -0.25) is 9.59 Å². The van der Waals surface area contributed by atoms with Gasteiger partial charge in [0.2, 0.25) is 0 Å². The molecular weight excluding hydrogens is 490 g/mol. The van der Waals surface area contributed by atoms with E-state index < -0.39 is 11.8 Å². The maximum Gasteiger partial charge on any atom is 0.274 e. The summed E-state index contributed by atoms with van der Waals surface area (Å²) in [5, 5.41) is 26.2. The number of rotatable bonds is 4. The normalized spacial score (nSPS) is 18.3. The maximum absolute atomic E-state index is 13.0. The fraction of sp³-hybridized carbons (Fsp3) is 0.370. The number of nitrogens with one attached hydrogen (secondary N) is 2. The van der Waals surface area contributed by atoms with Crippen molar-refractivity contribution >= 4 is 44.5 Å². The van der Waals surface area contributed by atoms with Gasteiger partial charge in [0.05, 0.1) is 11.1 Å². The van der Waals surface area contributed by atoms with Crippen LogP contribution in [0.15, 0.2) is 18.2 Å². The van der Waals surface area contributed by atoms with Crippen molar-refractivity contribution in [3.63, 3.8) is 0 Å². The smallest absolute Gasteiger partial charge is 0.274 e. The van der Waals surface area contributed by atoms with Crippen LogP contribution in [-0.2, 0) is 25.7 Å². The molecule has 3 heterocycles. The first-order valence-corrected chi connectivity index (χ1v) is 13.7. The van der Waals surface area contributed by atoms with Gasteiger partial charge in [0.15, 0.2) is 0 Å². The van der Waals surface area contributed by atoms with E-state index in [1.807, 2.05) is 0 Å². The Kier molecular flexibility index (Phi) is 6.61. The standard InChI is InChI=1S/C27H25N5O2S2/c1-14-6-8-16-18(12-28)26(35-22(16)10-14)31-24(33)20-4-3-5-21(30-20)25(34)32-27-19(13-29)17-9-7-15(2)11-23(17)36-27/h3-5,14-15H,6-11H2,1-2H3,(H,31,33)(H,32,34)/t14-,15-/m1/s1. The average Bonchev–Trinajstić information content (AvgIpc) is 3.39. The molecular formula is C27H25N5O2S2. The number of anilines is 2. The summed E-state index contributed by atoms with van der Waals surface area (Å²) in [5.74, 6) is 0.182. The molecule has 5 rings (SSSR count). The molecule has 0 unspecified atom stereocenters. The van der Waals surface area contributed by atoms with E-state index in [1.54, 1.807) is 18.2 Å². The third-order valence-electron chi connectivity index (χ3n) is 6.92. The second kappa shape index (κ2) is 9.85. The second-order valence-electron chi connectivity index (χ2n) is 9.65. The molecule has 2 atom stereocenters. The monoisotopic (exact) mass is 515 g/mol. The Morgan fingerprint density at radius 1 is 0.861 bits per heavy atom. The highest BCUT2D eigenvalue weighted by Crippen LogP contribution is 2.40. The Balaban J connectivity index is 1.35. The molecule has 7 nitrogen and oxygen atoms in total. The molecule has 0 bridgehead atoms. The molecule has 36 heavy (non-hydrogen) atoms. The third kappa shape index (κ3) is 4.53. The highest BCUT2D eigenvalue weighted by molar-refractivity contribution is 7.17. The minimum atomic E-state index is -0.467. The number of nitrogens with zero attached hydrogens (tertiary/aromatic N) is 3. The first-order valence-electron chi connectivity index (χ1n) is 12.1. The van der Waals surface area contributed by atoms with Gasteiger partial charge in [0.1, 0.15) is 33.5 Å². The highest BCUT2D eigenvalue weighted by atomic mass is 32.1. The molecule has 0 spiro atoms. The van der Waals surface area contributed by atoms with E-state index in [4.69, 9.17) is 0 Å². The van der Waals surface area contributed by atoms with Crippen molar-refractivity contribution in [3.8, 4) is 12.1 Å². The largest absolute Gasteiger partial charge is 0.311 e. The van der Waals surface area contributed by atoms with Crippen LogP contribution in [0.3, 0.4) is 0 Å². The van der Waals surface area contributed by atoms with Gasteiger partial charge in [-0.1, -0.05) is 19.9 Å². The van der Waals surface area contributed by atoms with Gasteiger partial charge in [-0.05, 0) is 73.6 Å². The zero-order valence-electron chi connectivity index (χ0n) is 20.1. The van der Waals surface area contributed by atoms with Crippen LogP contribution in [0.25, 0.3) is 0 Å². The molecule has 0 fully saturated rings. The molecule has 3 aromatic heterocycles. The molecule has 2 aliphatic rings.